The van der Waals surface area contributed by atoms with Crippen LogP contribution in [0.3, 0.4) is 0 Å². The van der Waals surface area contributed by atoms with E-state index in [2.05, 4.69) is 17.1 Å². The normalized spacial score (nSPS) is 33.0. The summed E-state index contributed by atoms with van der Waals surface area (Å²) in [5.74, 6) is 2.29. The van der Waals surface area contributed by atoms with E-state index in [0.717, 1.165) is 19.0 Å². The molecule has 1 saturated carbocycles. The molecule has 4 heteroatoms. The monoisotopic (exact) mass is 281 g/mol. The van der Waals surface area contributed by atoms with E-state index < -0.39 is 0 Å². The van der Waals surface area contributed by atoms with Crippen molar-refractivity contribution < 1.29 is 4.79 Å². The highest BCUT2D eigenvalue weighted by molar-refractivity contribution is 5.72. The van der Waals surface area contributed by atoms with Crippen molar-refractivity contribution in [1.29, 1.82) is 0 Å². The van der Waals surface area contributed by atoms with E-state index in [1.54, 1.807) is 6.92 Å². The minimum Gasteiger partial charge on any atom is -0.356 e. The lowest BCUT2D eigenvalue weighted by atomic mass is 9.77. The van der Waals surface area contributed by atoms with Gasteiger partial charge in [-0.15, -0.1) is 0 Å². The van der Waals surface area contributed by atoms with Gasteiger partial charge < -0.3 is 16.0 Å². The first-order valence-corrected chi connectivity index (χ1v) is 8.28. The lowest BCUT2D eigenvalue weighted by Crippen LogP contribution is -2.50. The molecular formula is C16H31N3O. The average Bonchev–Trinajstić information content (AvgIpc) is 2.45. The number of likely N-dealkylation sites (tertiary alicyclic amines) is 1. The first-order chi connectivity index (χ1) is 9.60. The summed E-state index contributed by atoms with van der Waals surface area (Å²) in [6.45, 7) is 8.03. The summed E-state index contributed by atoms with van der Waals surface area (Å²) in [5.41, 5.74) is 5.98. The van der Waals surface area contributed by atoms with Gasteiger partial charge in [0.25, 0.3) is 0 Å². The van der Waals surface area contributed by atoms with Gasteiger partial charge in [0.05, 0.1) is 0 Å². The number of nitrogens with zero attached hydrogens (tertiary/aromatic N) is 1. The van der Waals surface area contributed by atoms with Crippen molar-refractivity contribution in [2.24, 2.45) is 23.5 Å². The molecule has 20 heavy (non-hydrogen) atoms. The molecule has 0 radical (unpaired) electrons. The SMILES string of the molecule is CC(=O)NCC1CCN(C2CC(C)CCC2CN)CC1. The second kappa shape index (κ2) is 7.41. The molecule has 3 N–H and O–H groups in total. The second-order valence-electron chi connectivity index (χ2n) is 6.90. The maximum Gasteiger partial charge on any atom is 0.216 e. The number of carbonyl (C=O) groups excluding carboxylic acids is 1. The number of nitrogens with one attached hydrogen (secondary N) is 1. The molecule has 0 aromatic rings. The summed E-state index contributed by atoms with van der Waals surface area (Å²) in [7, 11) is 0. The third kappa shape index (κ3) is 4.19. The Morgan fingerprint density at radius 1 is 1.25 bits per heavy atom. The van der Waals surface area contributed by atoms with Gasteiger partial charge in [-0.2, -0.15) is 0 Å². The van der Waals surface area contributed by atoms with Crippen LogP contribution >= 0.6 is 0 Å². The van der Waals surface area contributed by atoms with E-state index in [1.165, 1.54) is 45.2 Å². The van der Waals surface area contributed by atoms with Crippen LogP contribution in [0.1, 0.15) is 46.0 Å². The molecule has 2 aliphatic rings. The van der Waals surface area contributed by atoms with Gasteiger partial charge in [-0.1, -0.05) is 13.3 Å². The summed E-state index contributed by atoms with van der Waals surface area (Å²) in [5, 5.41) is 2.96. The molecule has 0 aromatic heterocycles. The fourth-order valence-electron chi connectivity index (χ4n) is 3.91. The van der Waals surface area contributed by atoms with E-state index in [1.807, 2.05) is 0 Å². The zero-order chi connectivity index (χ0) is 14.5. The summed E-state index contributed by atoms with van der Waals surface area (Å²) in [6, 6.07) is 0.700. The Bertz CT molecular complexity index is 313. The molecule has 2 rings (SSSR count). The second-order valence-corrected chi connectivity index (χ2v) is 6.90. The maximum absolute atomic E-state index is 11.0. The maximum atomic E-state index is 11.0. The highest BCUT2D eigenvalue weighted by Crippen LogP contribution is 2.33. The average molecular weight is 281 g/mol. The minimum absolute atomic E-state index is 0.0942. The van der Waals surface area contributed by atoms with Crippen LogP contribution in [0.5, 0.6) is 0 Å². The number of rotatable bonds is 4. The summed E-state index contributed by atoms with van der Waals surface area (Å²) in [6.07, 6.45) is 6.38. The Balaban J connectivity index is 1.81. The quantitative estimate of drug-likeness (QED) is 0.823. The predicted molar refractivity (Wildman–Crippen MR) is 82.3 cm³/mol. The molecule has 4 nitrogen and oxygen atoms in total. The highest BCUT2D eigenvalue weighted by atomic mass is 16.1. The van der Waals surface area contributed by atoms with E-state index in [-0.39, 0.29) is 5.91 Å². The Kier molecular flexibility index (Phi) is 5.85. The molecule has 1 aliphatic carbocycles. The van der Waals surface area contributed by atoms with Gasteiger partial charge in [0.15, 0.2) is 0 Å². The molecular weight excluding hydrogens is 250 g/mol. The third-order valence-electron chi connectivity index (χ3n) is 5.28. The fraction of sp³-hybridized carbons (Fsp3) is 0.938. The standard InChI is InChI=1S/C16H31N3O/c1-12-3-4-15(10-17)16(9-12)19-7-5-14(6-8-19)11-18-13(2)20/h12,14-16H,3-11,17H2,1-2H3,(H,18,20). The van der Waals surface area contributed by atoms with Crippen LogP contribution in [0.4, 0.5) is 0 Å². The molecule has 0 aromatic carbocycles. The van der Waals surface area contributed by atoms with Gasteiger partial charge in [-0.25, -0.2) is 0 Å². The summed E-state index contributed by atoms with van der Waals surface area (Å²) < 4.78 is 0. The summed E-state index contributed by atoms with van der Waals surface area (Å²) in [4.78, 5) is 13.7. The first-order valence-electron chi connectivity index (χ1n) is 8.28. The smallest absolute Gasteiger partial charge is 0.216 e. The van der Waals surface area contributed by atoms with Crippen molar-refractivity contribution in [2.45, 2.75) is 52.0 Å². The Morgan fingerprint density at radius 2 is 1.95 bits per heavy atom. The van der Waals surface area contributed by atoms with Crippen molar-refractivity contribution in [3.63, 3.8) is 0 Å². The van der Waals surface area contributed by atoms with Gasteiger partial charge in [0, 0.05) is 19.5 Å². The van der Waals surface area contributed by atoms with Gasteiger partial charge in [-0.3, -0.25) is 4.79 Å². The van der Waals surface area contributed by atoms with Crippen LogP contribution in [0.15, 0.2) is 0 Å². The van der Waals surface area contributed by atoms with Crippen LogP contribution < -0.4 is 11.1 Å². The number of amides is 1. The number of nitrogens with two attached hydrogens (primary N) is 1. The van der Waals surface area contributed by atoms with Crippen molar-refractivity contribution in [3.8, 4) is 0 Å². The highest BCUT2D eigenvalue weighted by Gasteiger charge is 2.33. The Hall–Kier alpha value is -0.610. The molecule has 1 amide bonds. The molecule has 2 fully saturated rings. The van der Waals surface area contributed by atoms with E-state index in [0.29, 0.717) is 17.9 Å². The van der Waals surface area contributed by atoms with Crippen LogP contribution in [-0.2, 0) is 4.79 Å². The van der Waals surface area contributed by atoms with Crippen molar-refractivity contribution >= 4 is 5.91 Å². The van der Waals surface area contributed by atoms with E-state index in [4.69, 9.17) is 5.73 Å². The van der Waals surface area contributed by atoms with Crippen LogP contribution in [-0.4, -0.2) is 43.0 Å². The van der Waals surface area contributed by atoms with E-state index >= 15 is 0 Å². The van der Waals surface area contributed by atoms with Crippen LogP contribution in [0.2, 0.25) is 0 Å². The first kappa shape index (κ1) is 15.8. The fourth-order valence-corrected chi connectivity index (χ4v) is 3.91. The van der Waals surface area contributed by atoms with Crippen molar-refractivity contribution in [3.05, 3.63) is 0 Å². The van der Waals surface area contributed by atoms with Crippen LogP contribution in [0, 0.1) is 17.8 Å². The molecule has 1 saturated heterocycles. The van der Waals surface area contributed by atoms with Gasteiger partial charge >= 0.3 is 0 Å². The van der Waals surface area contributed by atoms with Crippen LogP contribution in [0.25, 0.3) is 0 Å². The van der Waals surface area contributed by atoms with Gasteiger partial charge in [0.2, 0.25) is 5.91 Å². The zero-order valence-corrected chi connectivity index (χ0v) is 13.1. The number of piperidine rings is 1. The molecule has 3 unspecified atom stereocenters. The zero-order valence-electron chi connectivity index (χ0n) is 13.1. The van der Waals surface area contributed by atoms with E-state index in [9.17, 15) is 4.79 Å². The lowest BCUT2D eigenvalue weighted by molar-refractivity contribution is -0.119. The molecule has 116 valence electrons. The number of hydrogen-bond donors (Lipinski definition) is 2. The summed E-state index contributed by atoms with van der Waals surface area (Å²) >= 11 is 0. The van der Waals surface area contributed by atoms with Crippen molar-refractivity contribution in [2.75, 3.05) is 26.2 Å². The molecule has 0 spiro atoms. The number of carbonyl (C=O) groups is 1. The van der Waals surface area contributed by atoms with Gasteiger partial charge in [-0.05, 0) is 63.1 Å². The Morgan fingerprint density at radius 3 is 2.55 bits per heavy atom. The molecule has 3 atom stereocenters. The topological polar surface area (TPSA) is 58.4 Å². The lowest BCUT2D eigenvalue weighted by Gasteiger charge is -2.44. The molecule has 1 aliphatic heterocycles. The van der Waals surface area contributed by atoms with Crippen molar-refractivity contribution in [1.82, 2.24) is 10.2 Å². The third-order valence-corrected chi connectivity index (χ3v) is 5.28. The Labute approximate surface area is 123 Å². The van der Waals surface area contributed by atoms with Gasteiger partial charge in [0.1, 0.15) is 0 Å². The minimum atomic E-state index is 0.0942. The molecule has 1 heterocycles. The predicted octanol–water partition coefficient (Wildman–Crippen LogP) is 1.60. The molecule has 0 bridgehead atoms. The largest absolute Gasteiger partial charge is 0.356 e. The number of hydrogen-bond acceptors (Lipinski definition) is 3.